The first-order valence-corrected chi connectivity index (χ1v) is 21.5. The molecule has 0 radical (unpaired) electrons. The first kappa shape index (κ1) is 46.3. The van der Waals surface area contributed by atoms with Gasteiger partial charge < -0.3 is 34.4 Å². The van der Waals surface area contributed by atoms with Crippen molar-refractivity contribution in [3.05, 3.63) is 23.3 Å². The molecule has 0 aromatic heterocycles. The number of fused-ring (bicyclic) bond motifs is 3. The first-order chi connectivity index (χ1) is 26.3. The molecule has 2 saturated heterocycles. The van der Waals surface area contributed by atoms with Gasteiger partial charge in [-0.2, -0.15) is 0 Å². The number of carbonyl (C=O) groups is 4. The first-order valence-electron chi connectivity index (χ1n) is 21.5. The third-order valence-corrected chi connectivity index (χ3v) is 13.7. The Morgan fingerprint density at radius 3 is 2.34 bits per heavy atom. The van der Waals surface area contributed by atoms with Gasteiger partial charge in [-0.25, -0.2) is 4.79 Å². The van der Waals surface area contributed by atoms with E-state index in [1.165, 1.54) is 4.90 Å². The van der Waals surface area contributed by atoms with Crippen molar-refractivity contribution in [2.75, 3.05) is 13.7 Å². The van der Waals surface area contributed by atoms with Gasteiger partial charge in [0.25, 0.3) is 11.7 Å². The minimum absolute atomic E-state index is 0.0105. The van der Waals surface area contributed by atoms with Crippen LogP contribution < -0.4 is 0 Å². The molecule has 1 amide bonds. The lowest BCUT2D eigenvalue weighted by Crippen LogP contribution is -2.62. The number of Topliss-reactive ketones (excluding diaryl/α,β-unsaturated/α-hetero) is 2. The van der Waals surface area contributed by atoms with E-state index >= 15 is 0 Å². The maximum atomic E-state index is 14.4. The number of rotatable bonds is 5. The number of ether oxygens (including phenoxy) is 3. The zero-order valence-corrected chi connectivity index (χ0v) is 35.9. The Balaban J connectivity index is 1.78. The molecule has 3 fully saturated rings. The van der Waals surface area contributed by atoms with Crippen LogP contribution in [0.2, 0.25) is 0 Å². The molecule has 0 aromatic rings. The van der Waals surface area contributed by atoms with E-state index in [0.717, 1.165) is 24.8 Å². The number of ketones is 2. The van der Waals surface area contributed by atoms with E-state index in [1.54, 1.807) is 21.0 Å². The molecule has 3 aliphatic heterocycles. The van der Waals surface area contributed by atoms with Crippen LogP contribution in [0.25, 0.3) is 0 Å². The van der Waals surface area contributed by atoms with Gasteiger partial charge in [-0.15, -0.1) is 0 Å². The second-order valence-electron chi connectivity index (χ2n) is 18.6. The molecule has 2 bridgehead atoms. The summed E-state index contributed by atoms with van der Waals surface area (Å²) in [5.41, 5.74) is 1.34. The van der Waals surface area contributed by atoms with Crippen molar-refractivity contribution in [1.82, 2.24) is 4.90 Å². The minimum Gasteiger partial charge on any atom is -0.456 e. The zero-order valence-electron chi connectivity index (χ0n) is 35.9. The van der Waals surface area contributed by atoms with Crippen LogP contribution in [0.15, 0.2) is 23.3 Å². The van der Waals surface area contributed by atoms with Crippen LogP contribution in [0.4, 0.5) is 0 Å². The highest BCUT2D eigenvalue weighted by Gasteiger charge is 2.55. The van der Waals surface area contributed by atoms with Crippen molar-refractivity contribution >= 4 is 23.4 Å². The van der Waals surface area contributed by atoms with Crippen LogP contribution in [0.3, 0.4) is 0 Å². The summed E-state index contributed by atoms with van der Waals surface area (Å²) in [6.45, 7) is 17.9. The largest absolute Gasteiger partial charge is 0.456 e. The summed E-state index contributed by atoms with van der Waals surface area (Å²) in [7, 11) is 1.58. The summed E-state index contributed by atoms with van der Waals surface area (Å²) in [6, 6.07) is -1.09. The molecule has 0 aromatic carbocycles. The van der Waals surface area contributed by atoms with Crippen molar-refractivity contribution in [3.8, 4) is 0 Å². The highest BCUT2D eigenvalue weighted by molar-refractivity contribution is 6.39. The van der Waals surface area contributed by atoms with E-state index in [2.05, 4.69) is 27.7 Å². The predicted octanol–water partition coefficient (Wildman–Crippen LogP) is 6.50. The molecule has 3 heterocycles. The second-order valence-corrected chi connectivity index (χ2v) is 18.6. The Morgan fingerprint density at radius 2 is 1.70 bits per heavy atom. The number of aliphatic hydroxyl groups excluding tert-OH is 2. The molecule has 1 unspecified atom stereocenters. The van der Waals surface area contributed by atoms with Gasteiger partial charge in [0.05, 0.1) is 24.4 Å². The van der Waals surface area contributed by atoms with E-state index in [1.807, 2.05) is 32.9 Å². The van der Waals surface area contributed by atoms with Crippen molar-refractivity contribution in [2.45, 2.75) is 182 Å². The van der Waals surface area contributed by atoms with Crippen LogP contribution in [-0.4, -0.2) is 99.7 Å². The number of esters is 1. The van der Waals surface area contributed by atoms with Crippen molar-refractivity contribution in [2.24, 2.45) is 40.9 Å². The third kappa shape index (κ3) is 10.6. The summed E-state index contributed by atoms with van der Waals surface area (Å²) in [6.07, 6.45) is 6.95. The number of methoxy groups -OCH3 is 1. The van der Waals surface area contributed by atoms with Crippen LogP contribution in [0.5, 0.6) is 0 Å². The van der Waals surface area contributed by atoms with Gasteiger partial charge in [0, 0.05) is 37.8 Å². The lowest BCUT2D eigenvalue weighted by molar-refractivity contribution is -0.283. The van der Waals surface area contributed by atoms with Gasteiger partial charge in [0.1, 0.15) is 17.9 Å². The van der Waals surface area contributed by atoms with Crippen LogP contribution in [0.1, 0.15) is 139 Å². The number of aliphatic hydroxyl groups is 3. The Morgan fingerprint density at radius 1 is 1.00 bits per heavy atom. The van der Waals surface area contributed by atoms with Crippen LogP contribution in [0, 0.1) is 40.9 Å². The average Bonchev–Trinajstić information content (AvgIpc) is 3.16. The molecule has 56 heavy (non-hydrogen) atoms. The van der Waals surface area contributed by atoms with Crippen molar-refractivity contribution in [3.63, 3.8) is 0 Å². The molecular weight excluding hydrogens is 714 g/mol. The molecule has 3 N–H and O–H groups in total. The fourth-order valence-electron chi connectivity index (χ4n) is 10.3. The number of piperidine rings is 1. The summed E-state index contributed by atoms with van der Waals surface area (Å²) < 4.78 is 18.3. The number of carbonyl (C=O) groups excluding carboxylic acids is 4. The number of hydrogen-bond acceptors (Lipinski definition) is 10. The summed E-state index contributed by atoms with van der Waals surface area (Å²) in [5, 5.41) is 34.3. The minimum atomic E-state index is -2.34. The quantitative estimate of drug-likeness (QED) is 0.160. The summed E-state index contributed by atoms with van der Waals surface area (Å²) in [5.74, 6) is -6.64. The number of cyclic esters (lactones) is 1. The SMILES string of the molecule is CC[C@H]1C[C@@H](C)C/C(C)=C/[C@@H](CC)C(=O)C[C@H](O)[C@@H](C)[C@@H](/C(C)=C/[C@@]2(C)CC[C@@H](O)[C@H](OC)C2)OC(=O)C2CCCCN2C(=O)C(=O)[C@]2(O)O[C@H]1[C@@H](C)C[C@H]2C. The highest BCUT2D eigenvalue weighted by Crippen LogP contribution is 2.43. The Labute approximate surface area is 336 Å². The third-order valence-electron chi connectivity index (χ3n) is 13.7. The number of nitrogens with zero attached hydrogens (tertiary/aromatic N) is 1. The Bertz CT molecular complexity index is 1460. The molecule has 4 aliphatic rings. The molecule has 4 rings (SSSR count). The van der Waals surface area contributed by atoms with Crippen molar-refractivity contribution in [1.29, 1.82) is 0 Å². The van der Waals surface area contributed by atoms with Gasteiger partial charge >= 0.3 is 5.97 Å². The van der Waals surface area contributed by atoms with Crippen molar-refractivity contribution < 1.29 is 48.7 Å². The van der Waals surface area contributed by atoms with Crippen LogP contribution >= 0.6 is 0 Å². The van der Waals surface area contributed by atoms with Gasteiger partial charge in [-0.3, -0.25) is 14.4 Å². The lowest BCUT2D eigenvalue weighted by Gasteiger charge is -2.47. The van der Waals surface area contributed by atoms with Gasteiger partial charge in [0.2, 0.25) is 5.79 Å². The predicted molar refractivity (Wildman–Crippen MR) is 214 cm³/mol. The summed E-state index contributed by atoms with van der Waals surface area (Å²) in [4.78, 5) is 57.9. The second kappa shape index (κ2) is 19.5. The molecule has 11 nitrogen and oxygen atoms in total. The van der Waals surface area contributed by atoms with Crippen LogP contribution in [-0.2, 0) is 33.4 Å². The van der Waals surface area contributed by atoms with Gasteiger partial charge in [0.15, 0.2) is 0 Å². The van der Waals surface area contributed by atoms with E-state index in [-0.39, 0.29) is 54.9 Å². The van der Waals surface area contributed by atoms with Gasteiger partial charge in [-0.1, -0.05) is 72.6 Å². The molecule has 318 valence electrons. The van der Waals surface area contributed by atoms with Gasteiger partial charge in [-0.05, 0) is 107 Å². The smallest absolute Gasteiger partial charge is 0.329 e. The Hall–Kier alpha value is -2.44. The molecule has 1 saturated carbocycles. The zero-order chi connectivity index (χ0) is 41.7. The monoisotopic (exact) mass is 788 g/mol. The average molecular weight is 788 g/mol. The summed E-state index contributed by atoms with van der Waals surface area (Å²) >= 11 is 0. The normalized spacial score (nSPS) is 42.9. The standard InChI is InChI=1S/C45H73NO10/c1-11-32-20-26(3)19-27(4)21-33(12-2)40-28(5)22-30(7)45(53,56-40)41(50)42(51)46-18-14-13-15-34(46)43(52)55-39(31(8)36(48)23-37(32)49)29(6)24-44(9)17-16-35(47)38(25-44)54-10/h20,24,27-28,30-36,38-40,47-48,53H,11-19,21-23,25H2,1-10H3/b26-20+,29-24+/t27-,28-,30+,31+,32+,33-,34?,35+,36-,38+,39+,40-,44+,45+/m0/s1. The number of allylic oxidation sites excluding steroid dienone is 3. The van der Waals surface area contributed by atoms with E-state index in [0.29, 0.717) is 50.5 Å². The van der Waals surface area contributed by atoms with E-state index in [4.69, 9.17) is 14.2 Å². The lowest BCUT2D eigenvalue weighted by atomic mass is 9.71. The fraction of sp³-hybridized carbons (Fsp3) is 0.822. The number of hydrogen-bond donors (Lipinski definition) is 3. The Kier molecular flexibility index (Phi) is 16.1. The molecule has 0 spiro atoms. The molecule has 14 atom stereocenters. The molecular formula is C45H73NO10. The maximum Gasteiger partial charge on any atom is 0.329 e. The fourth-order valence-corrected chi connectivity index (χ4v) is 10.3. The van der Waals surface area contributed by atoms with E-state index in [9.17, 15) is 34.5 Å². The topological polar surface area (TPSA) is 160 Å². The molecule has 11 heteroatoms. The van der Waals surface area contributed by atoms with E-state index < -0.39 is 71.2 Å². The molecule has 1 aliphatic carbocycles. The maximum absolute atomic E-state index is 14.4. The highest BCUT2D eigenvalue weighted by atomic mass is 16.6. The number of amides is 1.